The Balaban J connectivity index is 1.96. The van der Waals surface area contributed by atoms with Crippen LogP contribution < -0.4 is 4.90 Å². The molecular weight excluding hydrogens is 266 g/mol. The third-order valence-corrected chi connectivity index (χ3v) is 4.93. The van der Waals surface area contributed by atoms with E-state index in [0.717, 1.165) is 13.0 Å². The summed E-state index contributed by atoms with van der Waals surface area (Å²) in [5, 5.41) is 0. The molecule has 0 N–H and O–H groups in total. The average Bonchev–Trinajstić information content (AvgIpc) is 2.47. The summed E-state index contributed by atoms with van der Waals surface area (Å²) >= 11 is 0. The van der Waals surface area contributed by atoms with E-state index < -0.39 is 0 Å². The van der Waals surface area contributed by atoms with Crippen molar-refractivity contribution in [2.75, 3.05) is 18.5 Å². The summed E-state index contributed by atoms with van der Waals surface area (Å²) in [7, 11) is 2.22. The first-order valence-electron chi connectivity index (χ1n) is 8.33. The van der Waals surface area contributed by atoms with E-state index in [1.54, 1.807) is 0 Å². The van der Waals surface area contributed by atoms with E-state index in [9.17, 15) is 0 Å². The van der Waals surface area contributed by atoms with E-state index in [4.69, 9.17) is 0 Å². The Hall–Kier alpha value is -1.76. The minimum Gasteiger partial charge on any atom is -0.374 e. The summed E-state index contributed by atoms with van der Waals surface area (Å²) in [5.74, 6) is 0.648. The van der Waals surface area contributed by atoms with Gasteiger partial charge in [-0.3, -0.25) is 0 Å². The first-order valence-corrected chi connectivity index (χ1v) is 8.33. The molecule has 2 aromatic rings. The largest absolute Gasteiger partial charge is 0.374 e. The normalized spacial score (nSPS) is 18.2. The van der Waals surface area contributed by atoms with E-state index >= 15 is 0 Å². The maximum Gasteiger partial charge on any atom is 0.0399 e. The van der Waals surface area contributed by atoms with Crippen LogP contribution in [0.15, 0.2) is 48.5 Å². The van der Waals surface area contributed by atoms with Crippen LogP contribution in [0, 0.1) is 5.41 Å². The molecule has 1 aliphatic rings. The second-order valence-electron chi connectivity index (χ2n) is 7.68. The molecule has 116 valence electrons. The summed E-state index contributed by atoms with van der Waals surface area (Å²) in [6, 6.07) is 17.8. The quantitative estimate of drug-likeness (QED) is 0.731. The minimum atomic E-state index is 0.321. The van der Waals surface area contributed by atoms with Crippen LogP contribution in [-0.2, 0) is 6.42 Å². The summed E-state index contributed by atoms with van der Waals surface area (Å²) in [4.78, 5) is 2.41. The smallest absolute Gasteiger partial charge is 0.0399 e. The summed E-state index contributed by atoms with van der Waals surface area (Å²) in [5.41, 5.74) is 6.09. The van der Waals surface area contributed by atoms with Crippen LogP contribution in [-0.4, -0.2) is 13.6 Å². The summed E-state index contributed by atoms with van der Waals surface area (Å²) in [6.07, 6.45) is 2.27. The number of rotatable bonds is 2. The van der Waals surface area contributed by atoms with Gasteiger partial charge in [-0.15, -0.1) is 0 Å². The lowest BCUT2D eigenvalue weighted by Gasteiger charge is -2.40. The molecule has 0 saturated heterocycles. The SMILES string of the molecule is CN1CCC(C(C)(C)C)c2cc(Cc3ccccc3)ccc21. The van der Waals surface area contributed by atoms with Gasteiger partial charge in [0.2, 0.25) is 0 Å². The predicted molar refractivity (Wildman–Crippen MR) is 95.8 cm³/mol. The van der Waals surface area contributed by atoms with Crippen molar-refractivity contribution >= 4 is 5.69 Å². The van der Waals surface area contributed by atoms with Gasteiger partial charge < -0.3 is 4.90 Å². The Kier molecular flexibility index (Phi) is 3.99. The van der Waals surface area contributed by atoms with Crippen molar-refractivity contribution in [3.8, 4) is 0 Å². The monoisotopic (exact) mass is 293 g/mol. The molecule has 3 rings (SSSR count). The van der Waals surface area contributed by atoms with E-state index in [1.807, 2.05) is 0 Å². The zero-order valence-electron chi connectivity index (χ0n) is 14.3. The third kappa shape index (κ3) is 3.04. The van der Waals surface area contributed by atoms with Crippen LogP contribution in [0.1, 0.15) is 49.8 Å². The molecular formula is C21H27N. The standard InChI is InChI=1S/C21H27N/c1-21(2,3)19-12-13-22(4)20-11-10-17(15-18(19)20)14-16-8-6-5-7-9-16/h5-11,15,19H,12-14H2,1-4H3. The van der Waals surface area contributed by atoms with Gasteiger partial charge in [0.1, 0.15) is 0 Å². The molecule has 0 radical (unpaired) electrons. The van der Waals surface area contributed by atoms with Crippen molar-refractivity contribution in [1.29, 1.82) is 0 Å². The molecule has 0 bridgehead atoms. The van der Waals surface area contributed by atoms with Crippen LogP contribution in [0.2, 0.25) is 0 Å². The molecule has 0 aromatic heterocycles. The predicted octanol–water partition coefficient (Wildman–Crippen LogP) is 5.25. The molecule has 1 aliphatic heterocycles. The van der Waals surface area contributed by atoms with Crippen molar-refractivity contribution in [1.82, 2.24) is 0 Å². The number of nitrogens with zero attached hydrogens (tertiary/aromatic N) is 1. The highest BCUT2D eigenvalue weighted by molar-refractivity contribution is 5.58. The first-order chi connectivity index (χ1) is 10.4. The van der Waals surface area contributed by atoms with Crippen molar-refractivity contribution in [3.63, 3.8) is 0 Å². The highest BCUT2D eigenvalue weighted by Gasteiger charge is 2.32. The molecule has 0 spiro atoms. The fourth-order valence-corrected chi connectivity index (χ4v) is 3.67. The number of benzene rings is 2. The summed E-state index contributed by atoms with van der Waals surface area (Å²) < 4.78 is 0. The maximum absolute atomic E-state index is 2.45. The first kappa shape index (κ1) is 15.1. The lowest BCUT2D eigenvalue weighted by molar-refractivity contribution is 0.300. The van der Waals surface area contributed by atoms with E-state index in [-0.39, 0.29) is 0 Å². The lowest BCUT2D eigenvalue weighted by atomic mass is 9.72. The van der Waals surface area contributed by atoms with Crippen molar-refractivity contribution in [3.05, 3.63) is 65.2 Å². The number of hydrogen-bond acceptors (Lipinski definition) is 1. The molecule has 1 unspecified atom stereocenters. The molecule has 0 amide bonds. The Labute approximate surface area is 135 Å². The Morgan fingerprint density at radius 1 is 1.00 bits per heavy atom. The second kappa shape index (κ2) is 5.79. The Morgan fingerprint density at radius 2 is 1.73 bits per heavy atom. The zero-order valence-corrected chi connectivity index (χ0v) is 14.3. The van der Waals surface area contributed by atoms with Gasteiger partial charge in [0.25, 0.3) is 0 Å². The molecule has 1 atom stereocenters. The van der Waals surface area contributed by atoms with Gasteiger partial charge in [0.05, 0.1) is 0 Å². The molecule has 0 fully saturated rings. The summed E-state index contributed by atoms with van der Waals surface area (Å²) in [6.45, 7) is 8.27. The topological polar surface area (TPSA) is 3.24 Å². The molecule has 22 heavy (non-hydrogen) atoms. The highest BCUT2D eigenvalue weighted by Crippen LogP contribution is 2.45. The molecule has 1 heteroatoms. The van der Waals surface area contributed by atoms with Gasteiger partial charge in [-0.05, 0) is 46.9 Å². The fraction of sp³-hybridized carbons (Fsp3) is 0.429. The average molecular weight is 293 g/mol. The van der Waals surface area contributed by atoms with Crippen LogP contribution in [0.25, 0.3) is 0 Å². The van der Waals surface area contributed by atoms with Gasteiger partial charge in [0, 0.05) is 19.3 Å². The third-order valence-electron chi connectivity index (χ3n) is 4.93. The minimum absolute atomic E-state index is 0.321. The molecule has 2 aromatic carbocycles. The fourth-order valence-electron chi connectivity index (χ4n) is 3.67. The highest BCUT2D eigenvalue weighted by atomic mass is 15.1. The van der Waals surface area contributed by atoms with E-state index in [1.165, 1.54) is 28.8 Å². The van der Waals surface area contributed by atoms with Crippen LogP contribution >= 0.6 is 0 Å². The molecule has 1 heterocycles. The second-order valence-corrected chi connectivity index (χ2v) is 7.68. The number of fused-ring (bicyclic) bond motifs is 1. The number of hydrogen-bond donors (Lipinski definition) is 0. The van der Waals surface area contributed by atoms with Gasteiger partial charge >= 0.3 is 0 Å². The van der Waals surface area contributed by atoms with Gasteiger partial charge in [0.15, 0.2) is 0 Å². The van der Waals surface area contributed by atoms with E-state index in [2.05, 4.69) is 81.2 Å². The molecule has 0 saturated carbocycles. The van der Waals surface area contributed by atoms with Crippen molar-refractivity contribution in [2.24, 2.45) is 5.41 Å². The zero-order chi connectivity index (χ0) is 15.7. The van der Waals surface area contributed by atoms with Gasteiger partial charge in [-0.2, -0.15) is 0 Å². The Bertz CT molecular complexity index is 637. The van der Waals surface area contributed by atoms with Crippen molar-refractivity contribution < 1.29 is 0 Å². The molecule has 0 aliphatic carbocycles. The maximum atomic E-state index is 2.45. The number of anilines is 1. The molecule has 1 nitrogen and oxygen atoms in total. The lowest BCUT2D eigenvalue weighted by Crippen LogP contribution is -2.32. The van der Waals surface area contributed by atoms with E-state index in [0.29, 0.717) is 11.3 Å². The Morgan fingerprint density at radius 3 is 2.41 bits per heavy atom. The van der Waals surface area contributed by atoms with Crippen LogP contribution in [0.5, 0.6) is 0 Å². The van der Waals surface area contributed by atoms with Crippen LogP contribution in [0.3, 0.4) is 0 Å². The van der Waals surface area contributed by atoms with Crippen molar-refractivity contribution in [2.45, 2.75) is 39.5 Å². The van der Waals surface area contributed by atoms with Crippen LogP contribution in [0.4, 0.5) is 5.69 Å². The van der Waals surface area contributed by atoms with Gasteiger partial charge in [-0.1, -0.05) is 63.2 Å². The van der Waals surface area contributed by atoms with Gasteiger partial charge in [-0.25, -0.2) is 0 Å².